The molecule has 0 bridgehead atoms. The van der Waals surface area contributed by atoms with Gasteiger partial charge >= 0.3 is 0 Å². The third kappa shape index (κ3) is 20.1. The Balaban J connectivity index is 1.09. The van der Waals surface area contributed by atoms with Crippen molar-refractivity contribution in [3.05, 3.63) is 41.0 Å². The van der Waals surface area contributed by atoms with Gasteiger partial charge in [0.1, 0.15) is 36.3 Å². The number of nitrogens with zero attached hydrogens (tertiary/aromatic N) is 3. The van der Waals surface area contributed by atoms with Gasteiger partial charge in [0.15, 0.2) is 0 Å². The first-order valence-corrected chi connectivity index (χ1v) is 27.0. The molecule has 2 fully saturated rings. The predicted octanol–water partition coefficient (Wildman–Crippen LogP) is 1.77. The third-order valence-electron chi connectivity index (χ3n) is 12.9. The van der Waals surface area contributed by atoms with E-state index in [4.69, 9.17) is 14.2 Å². The molecule has 76 heavy (non-hydrogen) atoms. The van der Waals surface area contributed by atoms with Gasteiger partial charge in [-0.25, -0.2) is 4.98 Å². The van der Waals surface area contributed by atoms with Gasteiger partial charge in [-0.2, -0.15) is 5.26 Å². The molecule has 8 atom stereocenters. The van der Waals surface area contributed by atoms with Crippen LogP contribution >= 0.6 is 11.3 Å². The summed E-state index contributed by atoms with van der Waals surface area (Å²) in [5.41, 5.74) is 3.93. The number of thiazole rings is 1. The summed E-state index contributed by atoms with van der Waals surface area (Å²) in [6.45, 7) is 17.6. The SMILES string of the molecule is Cc1ncsc1-c1ccc(CNC(=O)[C@@H]2C[C@@H](O)CN2C(=O)[C@@H](NC(=O)CCOCCOCCOCCC(=O)N[C@@H](C)C(=O)N[C@H](C(=O)N[C@@H](CC(C)C)C(=O)N[C@H](C#N)C[C@@H]2CCNC2=O)C(C)C)C(C)(C)C)cc1. The van der Waals surface area contributed by atoms with Crippen LogP contribution in [0.2, 0.25) is 0 Å². The first kappa shape index (κ1) is 62.5. The zero-order valence-corrected chi connectivity index (χ0v) is 46.3. The lowest BCUT2D eigenvalue weighted by atomic mass is 9.85. The van der Waals surface area contributed by atoms with E-state index in [2.05, 4.69) is 42.2 Å². The van der Waals surface area contributed by atoms with Crippen LogP contribution in [0.25, 0.3) is 10.4 Å². The van der Waals surface area contributed by atoms with Crippen LogP contribution < -0.4 is 37.2 Å². The molecule has 0 saturated carbocycles. The van der Waals surface area contributed by atoms with Gasteiger partial charge in [0.25, 0.3) is 0 Å². The molecule has 0 spiro atoms. The number of aromatic nitrogens is 1. The molecule has 0 unspecified atom stereocenters. The molecule has 420 valence electrons. The van der Waals surface area contributed by atoms with Crippen molar-refractivity contribution in [1.82, 2.24) is 47.1 Å². The Morgan fingerprint density at radius 2 is 1.47 bits per heavy atom. The second-order valence-electron chi connectivity index (χ2n) is 21.2. The zero-order valence-electron chi connectivity index (χ0n) is 45.5. The summed E-state index contributed by atoms with van der Waals surface area (Å²) in [6, 6.07) is 3.95. The van der Waals surface area contributed by atoms with E-state index in [0.717, 1.165) is 21.7 Å². The zero-order chi connectivity index (χ0) is 56.1. The summed E-state index contributed by atoms with van der Waals surface area (Å²) in [7, 11) is 0. The highest BCUT2D eigenvalue weighted by Gasteiger charge is 2.44. The van der Waals surface area contributed by atoms with Crippen LogP contribution in [0.4, 0.5) is 0 Å². The Labute approximate surface area is 450 Å². The molecular weight excluding hydrogens is 1000 g/mol. The van der Waals surface area contributed by atoms with Crippen molar-refractivity contribution >= 4 is 58.6 Å². The van der Waals surface area contributed by atoms with E-state index in [0.29, 0.717) is 13.0 Å². The third-order valence-corrected chi connectivity index (χ3v) is 13.9. The second kappa shape index (κ2) is 30.6. The van der Waals surface area contributed by atoms with Gasteiger partial charge in [-0.3, -0.25) is 38.4 Å². The lowest BCUT2D eigenvalue weighted by Crippen LogP contribution is -2.58. The number of β-amino-alcohol motifs (C(OH)–C–C–N with tert-alkyl or cyclic N) is 1. The van der Waals surface area contributed by atoms with Crippen molar-refractivity contribution in [1.29, 1.82) is 5.26 Å². The van der Waals surface area contributed by atoms with Crippen molar-refractivity contribution in [2.75, 3.05) is 52.7 Å². The first-order valence-electron chi connectivity index (χ1n) is 26.1. The van der Waals surface area contributed by atoms with Crippen molar-refractivity contribution in [2.45, 2.75) is 150 Å². The van der Waals surface area contributed by atoms with Gasteiger partial charge in [-0.05, 0) is 61.5 Å². The van der Waals surface area contributed by atoms with Crippen LogP contribution in [0.1, 0.15) is 105 Å². The normalized spacial score (nSPS) is 18.4. The second-order valence-corrected chi connectivity index (χ2v) is 22.0. The van der Waals surface area contributed by atoms with Crippen LogP contribution in [0.5, 0.6) is 0 Å². The van der Waals surface area contributed by atoms with Crippen LogP contribution in [0.15, 0.2) is 29.8 Å². The quantitative estimate of drug-likeness (QED) is 0.0518. The molecule has 2 aliphatic rings. The molecule has 22 nitrogen and oxygen atoms in total. The highest BCUT2D eigenvalue weighted by atomic mass is 32.1. The summed E-state index contributed by atoms with van der Waals surface area (Å²) in [5, 5.41) is 39.3. The van der Waals surface area contributed by atoms with Gasteiger partial charge in [0.2, 0.25) is 47.3 Å². The lowest BCUT2D eigenvalue weighted by Gasteiger charge is -2.35. The fraction of sp³-hybridized carbons (Fsp3) is 0.660. The van der Waals surface area contributed by atoms with Crippen molar-refractivity contribution in [2.24, 2.45) is 23.2 Å². The summed E-state index contributed by atoms with van der Waals surface area (Å²) >= 11 is 1.56. The highest BCUT2D eigenvalue weighted by molar-refractivity contribution is 7.13. The molecule has 1 aromatic carbocycles. The largest absolute Gasteiger partial charge is 0.391 e. The topological polar surface area (TPSA) is 309 Å². The van der Waals surface area contributed by atoms with E-state index >= 15 is 0 Å². The summed E-state index contributed by atoms with van der Waals surface area (Å²) in [6.07, 6.45) is 0.0487. The fourth-order valence-electron chi connectivity index (χ4n) is 8.61. The minimum atomic E-state index is -1.05. The number of ether oxygens (including phenoxy) is 3. The molecule has 2 aliphatic heterocycles. The number of aliphatic hydroxyl groups excluding tert-OH is 1. The van der Waals surface area contributed by atoms with Crippen molar-refractivity contribution in [3.8, 4) is 16.5 Å². The summed E-state index contributed by atoms with van der Waals surface area (Å²) < 4.78 is 16.6. The van der Waals surface area contributed by atoms with Gasteiger partial charge in [0, 0.05) is 44.8 Å². The maximum absolute atomic E-state index is 14.0. The number of rotatable bonds is 30. The maximum atomic E-state index is 14.0. The number of hydrogen-bond donors (Lipinski definition) is 8. The van der Waals surface area contributed by atoms with Crippen LogP contribution in [-0.4, -0.2) is 157 Å². The molecule has 4 rings (SSSR count). The molecule has 23 heteroatoms. The fourth-order valence-corrected chi connectivity index (χ4v) is 9.42. The molecule has 2 saturated heterocycles. The van der Waals surface area contributed by atoms with Crippen molar-refractivity contribution < 1.29 is 57.7 Å². The Morgan fingerprint density at radius 1 is 0.855 bits per heavy atom. The van der Waals surface area contributed by atoms with E-state index < -0.39 is 101 Å². The van der Waals surface area contributed by atoms with Crippen molar-refractivity contribution in [3.63, 3.8) is 0 Å². The monoisotopic (exact) mass is 1080 g/mol. The number of aryl methyl sites for hydroxylation is 1. The molecule has 2 aromatic rings. The predicted molar refractivity (Wildman–Crippen MR) is 282 cm³/mol. The Morgan fingerprint density at radius 3 is 2.01 bits per heavy atom. The minimum absolute atomic E-state index is 0.00921. The Hall–Kier alpha value is -6.06. The molecule has 1 aromatic heterocycles. The number of nitrogens with one attached hydrogen (secondary N) is 7. The van der Waals surface area contributed by atoms with Gasteiger partial charge in [0.05, 0.1) is 67.9 Å². The van der Waals surface area contributed by atoms with Gasteiger partial charge in [-0.15, -0.1) is 11.3 Å². The molecule has 0 radical (unpaired) electrons. The molecule has 3 heterocycles. The smallest absolute Gasteiger partial charge is 0.246 e. The number of carbonyl (C=O) groups is 8. The van der Waals surface area contributed by atoms with Crippen LogP contribution in [0.3, 0.4) is 0 Å². The summed E-state index contributed by atoms with van der Waals surface area (Å²) in [5.74, 6) is -4.48. The maximum Gasteiger partial charge on any atom is 0.246 e. The van der Waals surface area contributed by atoms with Crippen LogP contribution in [-0.2, 0) is 59.1 Å². The number of carbonyl (C=O) groups excluding carboxylic acids is 8. The van der Waals surface area contributed by atoms with Crippen LogP contribution in [0, 0.1) is 41.4 Å². The Bertz CT molecular complexity index is 2320. The molecule has 0 aliphatic carbocycles. The average Bonchev–Trinajstić information content (AvgIpc) is 4.10. The summed E-state index contributed by atoms with van der Waals surface area (Å²) in [4.78, 5) is 112. The number of aliphatic hydroxyl groups is 1. The van der Waals surface area contributed by atoms with E-state index in [1.165, 1.54) is 11.8 Å². The number of benzene rings is 1. The molecular formula is C53H80N10O12S. The van der Waals surface area contributed by atoms with E-state index in [-0.39, 0.29) is 96.7 Å². The van der Waals surface area contributed by atoms with Gasteiger partial charge < -0.3 is 61.4 Å². The van der Waals surface area contributed by atoms with E-state index in [1.807, 2.05) is 71.9 Å². The lowest BCUT2D eigenvalue weighted by molar-refractivity contribution is -0.144. The van der Waals surface area contributed by atoms with Gasteiger partial charge in [-0.1, -0.05) is 72.7 Å². The number of amides is 8. The Kier molecular flexibility index (Phi) is 25.2. The minimum Gasteiger partial charge on any atom is -0.391 e. The first-order chi connectivity index (χ1) is 36.0. The molecule has 8 N–H and O–H groups in total. The molecule has 8 amide bonds. The average molecular weight is 1080 g/mol. The van der Waals surface area contributed by atoms with E-state index in [1.54, 1.807) is 30.7 Å². The number of nitriles is 1. The number of hydrogen-bond acceptors (Lipinski definition) is 15. The van der Waals surface area contributed by atoms with E-state index in [9.17, 15) is 48.7 Å². The number of likely N-dealkylation sites (tertiary alicyclic amines) is 1. The highest BCUT2D eigenvalue weighted by Crippen LogP contribution is 2.29. The standard InChI is InChI=1S/C53H80N10O12S/c1-31(2)24-40(49(69)59-38(27-54)25-37-14-17-55-48(37)68)60-51(71)44(32(3)4)62-47(67)34(6)58-42(65)15-18-73-20-22-75-23-21-74-19-16-43(66)61-46(53(7,8)9)52(72)63-29-39(64)26-41(63)50(70)56-28-35-10-12-36(13-11-35)45-33(5)57-30-76-45/h10-13,30-32,34,37-41,44,46,64H,14-26,28-29H2,1-9H3,(H,55,68)(H,56,70)(H,58,65)(H,59,69)(H,60,71)(H,61,66)(H,62,67)/t34-,37-,38-,39+,40-,41-,44-,46+/m0/s1.